The minimum absolute atomic E-state index is 0.0176. The molecule has 0 aliphatic heterocycles. The molecular formula is C16H24N2O4S. The van der Waals surface area contributed by atoms with Crippen molar-refractivity contribution in [2.24, 2.45) is 5.92 Å². The molecule has 1 saturated carbocycles. The Kier molecular flexibility index (Phi) is 5.64. The van der Waals surface area contributed by atoms with Crippen LogP contribution >= 0.6 is 0 Å². The van der Waals surface area contributed by atoms with Crippen LogP contribution in [0.3, 0.4) is 0 Å². The second-order valence-electron chi connectivity index (χ2n) is 6.41. The number of ether oxygens (including phenoxy) is 1. The van der Waals surface area contributed by atoms with E-state index in [-0.39, 0.29) is 18.9 Å². The van der Waals surface area contributed by atoms with Gasteiger partial charge in [0.1, 0.15) is 6.61 Å². The summed E-state index contributed by atoms with van der Waals surface area (Å²) in [5.41, 5.74) is 0.454. The Morgan fingerprint density at radius 2 is 1.91 bits per heavy atom. The molecule has 0 bridgehead atoms. The molecule has 1 aliphatic carbocycles. The zero-order valence-corrected chi connectivity index (χ0v) is 14.4. The molecule has 0 radical (unpaired) electrons. The Bertz CT molecular complexity index is 625. The molecule has 6 nitrogen and oxygen atoms in total. The van der Waals surface area contributed by atoms with Crippen molar-refractivity contribution in [1.82, 2.24) is 10.0 Å². The lowest BCUT2D eigenvalue weighted by molar-refractivity contribution is 0.140. The van der Waals surface area contributed by atoms with Gasteiger partial charge in [-0.15, -0.1) is 0 Å². The fourth-order valence-corrected chi connectivity index (χ4v) is 3.84. The van der Waals surface area contributed by atoms with Crippen LogP contribution in [0.4, 0.5) is 4.79 Å². The number of carbonyl (C=O) groups excluding carboxylic acids is 1. The molecule has 0 spiro atoms. The van der Waals surface area contributed by atoms with Crippen molar-refractivity contribution in [3.05, 3.63) is 35.9 Å². The Hall–Kier alpha value is -1.60. The molecule has 0 heterocycles. The maximum Gasteiger partial charge on any atom is 0.407 e. The standard InChI is InChI=1S/C16H24N2O4S/c1-16(2,14-8-9-14)18-23(20,21)11-10-17-15(19)22-12-13-6-4-3-5-7-13/h3-7,14,18H,8-12H2,1-2H3,(H,17,19). The molecule has 0 unspecified atom stereocenters. The molecule has 1 aromatic carbocycles. The van der Waals surface area contributed by atoms with Crippen molar-refractivity contribution in [2.45, 2.75) is 38.8 Å². The fourth-order valence-electron chi connectivity index (χ4n) is 2.40. The van der Waals surface area contributed by atoms with Crippen LogP contribution in [0.1, 0.15) is 32.3 Å². The normalized spacial score (nSPS) is 15.2. The van der Waals surface area contributed by atoms with Crippen molar-refractivity contribution < 1.29 is 17.9 Å². The van der Waals surface area contributed by atoms with Gasteiger partial charge in [-0.05, 0) is 38.2 Å². The van der Waals surface area contributed by atoms with E-state index in [1.807, 2.05) is 44.2 Å². The third-order valence-electron chi connectivity index (χ3n) is 3.87. The van der Waals surface area contributed by atoms with Crippen LogP contribution in [-0.2, 0) is 21.4 Å². The summed E-state index contributed by atoms with van der Waals surface area (Å²) in [6.45, 7) is 3.96. The van der Waals surface area contributed by atoms with E-state index in [2.05, 4.69) is 10.0 Å². The molecule has 128 valence electrons. The van der Waals surface area contributed by atoms with E-state index in [0.717, 1.165) is 18.4 Å². The fraction of sp³-hybridized carbons (Fsp3) is 0.562. The molecule has 0 aromatic heterocycles. The highest BCUT2D eigenvalue weighted by atomic mass is 32.2. The van der Waals surface area contributed by atoms with Crippen molar-refractivity contribution >= 4 is 16.1 Å². The topological polar surface area (TPSA) is 84.5 Å². The molecule has 0 atom stereocenters. The summed E-state index contributed by atoms with van der Waals surface area (Å²) < 4.78 is 31.8. The number of alkyl carbamates (subject to hydrolysis) is 1. The summed E-state index contributed by atoms with van der Waals surface area (Å²) in [6, 6.07) is 9.29. The maximum absolute atomic E-state index is 12.0. The third kappa shape index (κ3) is 6.19. The molecule has 23 heavy (non-hydrogen) atoms. The van der Waals surface area contributed by atoms with Gasteiger partial charge in [-0.2, -0.15) is 0 Å². The second-order valence-corrected chi connectivity index (χ2v) is 8.25. The van der Waals surface area contributed by atoms with Crippen LogP contribution < -0.4 is 10.0 Å². The molecule has 1 fully saturated rings. The average molecular weight is 340 g/mol. The lowest BCUT2D eigenvalue weighted by Crippen LogP contribution is -2.47. The molecule has 0 saturated heterocycles. The summed E-state index contributed by atoms with van der Waals surface area (Å²) in [5.74, 6) is 0.241. The number of amides is 1. The van der Waals surface area contributed by atoms with E-state index in [4.69, 9.17) is 4.74 Å². The van der Waals surface area contributed by atoms with Crippen LogP contribution in [-0.4, -0.2) is 32.3 Å². The van der Waals surface area contributed by atoms with Gasteiger partial charge in [-0.1, -0.05) is 30.3 Å². The van der Waals surface area contributed by atoms with E-state index in [1.54, 1.807) is 0 Å². The van der Waals surface area contributed by atoms with Gasteiger partial charge >= 0.3 is 6.09 Å². The van der Waals surface area contributed by atoms with Crippen molar-refractivity contribution in [1.29, 1.82) is 0 Å². The van der Waals surface area contributed by atoms with Gasteiger partial charge in [0.2, 0.25) is 10.0 Å². The van der Waals surface area contributed by atoms with Gasteiger partial charge in [0.15, 0.2) is 0 Å². The second kappa shape index (κ2) is 7.31. The van der Waals surface area contributed by atoms with Gasteiger partial charge in [0.25, 0.3) is 0 Å². The van der Waals surface area contributed by atoms with E-state index >= 15 is 0 Å². The molecule has 1 amide bonds. The number of nitrogens with one attached hydrogen (secondary N) is 2. The zero-order valence-electron chi connectivity index (χ0n) is 13.5. The lowest BCUT2D eigenvalue weighted by Gasteiger charge is -2.25. The predicted octanol–water partition coefficient (Wildman–Crippen LogP) is 2.02. The molecule has 1 aromatic rings. The maximum atomic E-state index is 12.0. The first kappa shape index (κ1) is 17.7. The number of hydrogen-bond acceptors (Lipinski definition) is 4. The first-order valence-corrected chi connectivity index (χ1v) is 9.40. The smallest absolute Gasteiger partial charge is 0.407 e. The van der Waals surface area contributed by atoms with E-state index in [0.29, 0.717) is 5.92 Å². The molecular weight excluding hydrogens is 316 g/mol. The molecule has 1 aliphatic rings. The Labute approximate surface area is 137 Å². The highest BCUT2D eigenvalue weighted by Crippen LogP contribution is 2.39. The quantitative estimate of drug-likeness (QED) is 0.758. The van der Waals surface area contributed by atoms with Gasteiger partial charge < -0.3 is 10.1 Å². The Morgan fingerprint density at radius 3 is 2.52 bits per heavy atom. The van der Waals surface area contributed by atoms with Crippen molar-refractivity contribution in [3.8, 4) is 0 Å². The number of benzene rings is 1. The van der Waals surface area contributed by atoms with Crippen LogP contribution in [0.25, 0.3) is 0 Å². The Balaban J connectivity index is 1.68. The van der Waals surface area contributed by atoms with Crippen molar-refractivity contribution in [3.63, 3.8) is 0 Å². The summed E-state index contributed by atoms with van der Waals surface area (Å²) in [6.07, 6.45) is 1.49. The first-order valence-electron chi connectivity index (χ1n) is 7.75. The van der Waals surface area contributed by atoms with E-state index in [1.165, 1.54) is 0 Å². The van der Waals surface area contributed by atoms with Crippen LogP contribution in [0, 0.1) is 5.92 Å². The van der Waals surface area contributed by atoms with Gasteiger partial charge in [-0.25, -0.2) is 17.9 Å². The highest BCUT2D eigenvalue weighted by molar-refractivity contribution is 7.89. The van der Waals surface area contributed by atoms with E-state index < -0.39 is 21.7 Å². The third-order valence-corrected chi connectivity index (χ3v) is 5.45. The largest absolute Gasteiger partial charge is 0.445 e. The SMILES string of the molecule is CC(C)(NS(=O)(=O)CCNC(=O)OCc1ccccc1)C1CC1. The average Bonchev–Trinajstić information content (AvgIpc) is 3.30. The highest BCUT2D eigenvalue weighted by Gasteiger charge is 2.40. The van der Waals surface area contributed by atoms with Crippen LogP contribution in [0.5, 0.6) is 0 Å². The van der Waals surface area contributed by atoms with E-state index in [9.17, 15) is 13.2 Å². The summed E-state index contributed by atoms with van der Waals surface area (Å²) in [5, 5.41) is 2.46. The predicted molar refractivity (Wildman–Crippen MR) is 88.4 cm³/mol. The number of sulfonamides is 1. The van der Waals surface area contributed by atoms with Gasteiger partial charge in [-0.3, -0.25) is 0 Å². The molecule has 2 N–H and O–H groups in total. The minimum Gasteiger partial charge on any atom is -0.445 e. The van der Waals surface area contributed by atoms with Gasteiger partial charge in [0, 0.05) is 12.1 Å². The molecule has 7 heteroatoms. The number of hydrogen-bond donors (Lipinski definition) is 2. The monoisotopic (exact) mass is 340 g/mol. The van der Waals surface area contributed by atoms with Crippen LogP contribution in [0.2, 0.25) is 0 Å². The number of carbonyl (C=O) groups is 1. The summed E-state index contributed by atoms with van der Waals surface area (Å²) in [4.78, 5) is 11.6. The van der Waals surface area contributed by atoms with Crippen molar-refractivity contribution in [2.75, 3.05) is 12.3 Å². The van der Waals surface area contributed by atoms with Gasteiger partial charge in [0.05, 0.1) is 5.75 Å². The molecule has 2 rings (SSSR count). The van der Waals surface area contributed by atoms with Crippen LogP contribution in [0.15, 0.2) is 30.3 Å². The lowest BCUT2D eigenvalue weighted by atomic mass is 10.0. The summed E-state index contributed by atoms with van der Waals surface area (Å²) in [7, 11) is -3.43. The zero-order chi connectivity index (χ0) is 16.9. The first-order chi connectivity index (χ1) is 10.8. The summed E-state index contributed by atoms with van der Waals surface area (Å²) >= 11 is 0. The number of rotatable bonds is 8. The Morgan fingerprint density at radius 1 is 1.26 bits per heavy atom. The minimum atomic E-state index is -3.43.